The van der Waals surface area contributed by atoms with Crippen LogP contribution in [0.1, 0.15) is 245 Å². The number of allylic oxidation sites excluding steroid dienone is 8. The molecule has 0 saturated heterocycles. The van der Waals surface area contributed by atoms with Crippen molar-refractivity contribution in [3.8, 4) is 0 Å². The van der Waals surface area contributed by atoms with Gasteiger partial charge >= 0.3 is 17.9 Å². The van der Waals surface area contributed by atoms with E-state index >= 15 is 0 Å². The Bertz CT molecular complexity index is 1030. The third-order valence-corrected chi connectivity index (χ3v) is 10.5. The topological polar surface area (TPSA) is 78.9 Å². The molecule has 0 heterocycles. The predicted molar refractivity (Wildman–Crippen MR) is 247 cm³/mol. The summed E-state index contributed by atoms with van der Waals surface area (Å²) < 4.78 is 16.7. The lowest BCUT2D eigenvalue weighted by molar-refractivity contribution is -0.167. The van der Waals surface area contributed by atoms with Crippen molar-refractivity contribution in [2.45, 2.75) is 252 Å². The van der Waals surface area contributed by atoms with Gasteiger partial charge in [0.2, 0.25) is 0 Å². The van der Waals surface area contributed by atoms with Crippen LogP contribution in [0.2, 0.25) is 0 Å². The summed E-state index contributed by atoms with van der Waals surface area (Å²) >= 11 is 0. The zero-order valence-corrected chi connectivity index (χ0v) is 38.3. The van der Waals surface area contributed by atoms with Crippen LogP contribution >= 0.6 is 0 Å². The molecule has 0 aliphatic carbocycles. The Hall–Kier alpha value is -2.63. The fraction of sp³-hybridized carbons (Fsp3) is 0.788. The SMILES string of the molecule is CC/C=C\C/C=C\CCCCCCCC(=O)OCC(COC(=O)CCCCCCCCC/C=C\CCCCCC)OC(=O)CCCCC/C=C\CCCCCCCC. The summed E-state index contributed by atoms with van der Waals surface area (Å²) in [6, 6.07) is 0. The second-order valence-corrected chi connectivity index (χ2v) is 16.3. The van der Waals surface area contributed by atoms with Crippen molar-refractivity contribution >= 4 is 17.9 Å². The van der Waals surface area contributed by atoms with Crippen molar-refractivity contribution < 1.29 is 28.6 Å². The second-order valence-electron chi connectivity index (χ2n) is 16.3. The van der Waals surface area contributed by atoms with Gasteiger partial charge in [-0.2, -0.15) is 0 Å². The monoisotopic (exact) mass is 813 g/mol. The van der Waals surface area contributed by atoms with Gasteiger partial charge < -0.3 is 14.2 Å². The van der Waals surface area contributed by atoms with E-state index in [1.165, 1.54) is 103 Å². The van der Waals surface area contributed by atoms with Crippen molar-refractivity contribution in [3.63, 3.8) is 0 Å². The van der Waals surface area contributed by atoms with Crippen molar-refractivity contribution in [2.75, 3.05) is 13.2 Å². The lowest BCUT2D eigenvalue weighted by Crippen LogP contribution is -2.30. The Morgan fingerprint density at radius 1 is 0.362 bits per heavy atom. The first-order chi connectivity index (χ1) is 28.5. The molecule has 0 N–H and O–H groups in total. The Balaban J connectivity index is 4.40. The van der Waals surface area contributed by atoms with Crippen LogP contribution in [0.25, 0.3) is 0 Å². The van der Waals surface area contributed by atoms with E-state index in [0.29, 0.717) is 19.3 Å². The third kappa shape index (κ3) is 44.5. The Morgan fingerprint density at radius 3 is 1.09 bits per heavy atom. The molecule has 0 aromatic heterocycles. The zero-order chi connectivity index (χ0) is 42.3. The summed E-state index contributed by atoms with van der Waals surface area (Å²) in [7, 11) is 0. The van der Waals surface area contributed by atoms with Gasteiger partial charge in [0.1, 0.15) is 13.2 Å². The summed E-state index contributed by atoms with van der Waals surface area (Å²) in [5, 5.41) is 0. The van der Waals surface area contributed by atoms with Crippen molar-refractivity contribution in [3.05, 3.63) is 48.6 Å². The fourth-order valence-corrected chi connectivity index (χ4v) is 6.82. The largest absolute Gasteiger partial charge is 0.462 e. The average molecular weight is 813 g/mol. The van der Waals surface area contributed by atoms with E-state index in [2.05, 4.69) is 69.4 Å². The molecule has 0 aromatic rings. The molecular weight excluding hydrogens is 721 g/mol. The summed E-state index contributed by atoms with van der Waals surface area (Å²) in [5.41, 5.74) is 0. The van der Waals surface area contributed by atoms with Crippen molar-refractivity contribution in [2.24, 2.45) is 0 Å². The summed E-state index contributed by atoms with van der Waals surface area (Å²) in [4.78, 5) is 37.8. The zero-order valence-electron chi connectivity index (χ0n) is 38.3. The van der Waals surface area contributed by atoms with Gasteiger partial charge in [0.25, 0.3) is 0 Å². The molecule has 58 heavy (non-hydrogen) atoms. The van der Waals surface area contributed by atoms with Gasteiger partial charge in [0.05, 0.1) is 0 Å². The van der Waals surface area contributed by atoms with Crippen LogP contribution in [0.3, 0.4) is 0 Å². The minimum absolute atomic E-state index is 0.0855. The van der Waals surface area contributed by atoms with Gasteiger partial charge in [-0.05, 0) is 96.3 Å². The Labute approximate surface area is 358 Å². The highest BCUT2D eigenvalue weighted by Gasteiger charge is 2.19. The molecule has 0 fully saturated rings. The molecule has 0 aliphatic heterocycles. The van der Waals surface area contributed by atoms with E-state index in [-0.39, 0.29) is 31.1 Å². The molecule has 1 atom stereocenters. The molecule has 336 valence electrons. The number of hydrogen-bond donors (Lipinski definition) is 0. The number of rotatable bonds is 44. The first-order valence-electron chi connectivity index (χ1n) is 24.6. The van der Waals surface area contributed by atoms with E-state index in [0.717, 1.165) is 103 Å². The molecule has 0 radical (unpaired) electrons. The summed E-state index contributed by atoms with van der Waals surface area (Å²) in [6.07, 6.45) is 55.2. The van der Waals surface area contributed by atoms with E-state index in [1.807, 2.05) is 0 Å². The molecule has 0 aliphatic rings. The lowest BCUT2D eigenvalue weighted by Gasteiger charge is -2.18. The quantitative estimate of drug-likeness (QED) is 0.0264. The van der Waals surface area contributed by atoms with Gasteiger partial charge in [0, 0.05) is 19.3 Å². The van der Waals surface area contributed by atoms with Crippen LogP contribution in [0.4, 0.5) is 0 Å². The van der Waals surface area contributed by atoms with E-state index < -0.39 is 6.10 Å². The number of ether oxygens (including phenoxy) is 3. The molecular formula is C52H92O6. The number of unbranched alkanes of at least 4 members (excludes halogenated alkanes) is 25. The standard InChI is InChI=1S/C52H92O6/c1-4-7-10-13-16-19-22-25-26-28-30-33-36-39-42-45-51(54)57-48-49(47-56-50(53)44-41-38-35-32-29-24-21-18-15-12-9-6-3)58-52(55)46-43-40-37-34-31-27-23-20-17-14-11-8-5-2/h9,12,18-19,21-22,27,31,49H,4-8,10-11,13-17,20,23-26,28-30,32-48H2,1-3H3/b12-9-,21-18-,22-19-,31-27-. The van der Waals surface area contributed by atoms with E-state index in [4.69, 9.17) is 14.2 Å². The number of hydrogen-bond acceptors (Lipinski definition) is 6. The van der Waals surface area contributed by atoms with Crippen LogP contribution in [0, 0.1) is 0 Å². The first kappa shape index (κ1) is 55.4. The minimum Gasteiger partial charge on any atom is -0.462 e. The minimum atomic E-state index is -0.785. The summed E-state index contributed by atoms with van der Waals surface area (Å²) in [5.74, 6) is -0.919. The second kappa shape index (κ2) is 47.1. The predicted octanol–water partition coefficient (Wildman–Crippen LogP) is 15.9. The average Bonchev–Trinajstić information content (AvgIpc) is 3.22. The van der Waals surface area contributed by atoms with Gasteiger partial charge in [-0.25, -0.2) is 0 Å². The molecule has 0 rings (SSSR count). The van der Waals surface area contributed by atoms with Gasteiger partial charge in [-0.1, -0.05) is 179 Å². The molecule has 1 unspecified atom stereocenters. The van der Waals surface area contributed by atoms with Crippen LogP contribution < -0.4 is 0 Å². The van der Waals surface area contributed by atoms with Gasteiger partial charge in [-0.3, -0.25) is 14.4 Å². The van der Waals surface area contributed by atoms with Crippen LogP contribution in [0.15, 0.2) is 48.6 Å². The van der Waals surface area contributed by atoms with Crippen molar-refractivity contribution in [1.29, 1.82) is 0 Å². The maximum Gasteiger partial charge on any atom is 0.306 e. The lowest BCUT2D eigenvalue weighted by atomic mass is 10.1. The fourth-order valence-electron chi connectivity index (χ4n) is 6.82. The highest BCUT2D eigenvalue weighted by molar-refractivity contribution is 5.71. The molecule has 6 heteroatoms. The smallest absolute Gasteiger partial charge is 0.306 e. The van der Waals surface area contributed by atoms with Crippen LogP contribution in [0.5, 0.6) is 0 Å². The Morgan fingerprint density at radius 2 is 0.672 bits per heavy atom. The molecule has 0 bridgehead atoms. The highest BCUT2D eigenvalue weighted by atomic mass is 16.6. The maximum absolute atomic E-state index is 12.7. The maximum atomic E-state index is 12.7. The molecule has 6 nitrogen and oxygen atoms in total. The van der Waals surface area contributed by atoms with Gasteiger partial charge in [-0.15, -0.1) is 0 Å². The summed E-state index contributed by atoms with van der Waals surface area (Å²) in [6.45, 7) is 6.48. The molecule has 0 spiro atoms. The van der Waals surface area contributed by atoms with Gasteiger partial charge in [0.15, 0.2) is 6.10 Å². The Kier molecular flexibility index (Phi) is 44.9. The van der Waals surface area contributed by atoms with E-state index in [9.17, 15) is 14.4 Å². The molecule has 0 amide bonds. The van der Waals surface area contributed by atoms with Crippen LogP contribution in [-0.4, -0.2) is 37.2 Å². The molecule has 0 aromatic carbocycles. The first-order valence-corrected chi connectivity index (χ1v) is 24.6. The molecule has 0 saturated carbocycles. The third-order valence-electron chi connectivity index (χ3n) is 10.5. The number of carbonyl (C=O) groups excluding carboxylic acids is 3. The number of esters is 3. The van der Waals surface area contributed by atoms with E-state index in [1.54, 1.807) is 0 Å². The van der Waals surface area contributed by atoms with Crippen molar-refractivity contribution in [1.82, 2.24) is 0 Å². The normalized spacial score (nSPS) is 12.4. The highest BCUT2D eigenvalue weighted by Crippen LogP contribution is 2.14. The number of carbonyl (C=O) groups is 3. The van der Waals surface area contributed by atoms with Crippen LogP contribution in [-0.2, 0) is 28.6 Å².